The minimum absolute atomic E-state index is 0.183. The van der Waals surface area contributed by atoms with Crippen LogP contribution < -0.4 is 14.8 Å². The molecule has 0 unspecified atom stereocenters. The molecular weight excluding hydrogens is 370 g/mol. The van der Waals surface area contributed by atoms with E-state index in [-0.39, 0.29) is 29.0 Å². The Balaban J connectivity index is 1.79. The first kappa shape index (κ1) is 19.0. The zero-order valence-electron chi connectivity index (χ0n) is 15.0. The molecule has 2 aromatic rings. The number of hydrogen-bond donors (Lipinski definition) is 3. The zero-order chi connectivity index (χ0) is 20.4. The van der Waals surface area contributed by atoms with Gasteiger partial charge < -0.3 is 29.7 Å². The largest absolute Gasteiger partial charge is 0.507 e. The number of nitrogens with one attached hydrogen (secondary N) is 1. The quantitative estimate of drug-likeness (QED) is 0.508. The third kappa shape index (κ3) is 3.41. The van der Waals surface area contributed by atoms with Crippen LogP contribution in [0.2, 0.25) is 0 Å². The number of carboxylic acid groups (broad SMARTS) is 1. The van der Waals surface area contributed by atoms with Crippen LogP contribution in [0, 0.1) is 0 Å². The first-order valence-electron chi connectivity index (χ1n) is 8.17. The average Bonchev–Trinajstić information content (AvgIpc) is 2.97. The van der Waals surface area contributed by atoms with Crippen LogP contribution in [0.5, 0.6) is 17.2 Å². The van der Waals surface area contributed by atoms with Gasteiger partial charge in [0.15, 0.2) is 11.5 Å². The molecule has 0 saturated carbocycles. The average molecular weight is 387 g/mol. The van der Waals surface area contributed by atoms with Crippen molar-refractivity contribution in [2.24, 2.45) is 0 Å². The van der Waals surface area contributed by atoms with Gasteiger partial charge in [0.25, 0.3) is 0 Å². The van der Waals surface area contributed by atoms with Crippen molar-refractivity contribution in [3.8, 4) is 17.2 Å². The molecule has 1 aliphatic rings. The number of ether oxygens (including phenoxy) is 3. The predicted octanol–water partition coefficient (Wildman–Crippen LogP) is 2.35. The fourth-order valence-electron chi connectivity index (χ4n) is 2.99. The van der Waals surface area contributed by atoms with Gasteiger partial charge in [-0.15, -0.1) is 0 Å². The predicted molar refractivity (Wildman–Crippen MR) is 96.0 cm³/mol. The van der Waals surface area contributed by atoms with Gasteiger partial charge >= 0.3 is 11.9 Å². The molecule has 1 amide bonds. The first-order chi connectivity index (χ1) is 13.3. The third-order valence-electron chi connectivity index (χ3n) is 4.26. The highest BCUT2D eigenvalue weighted by atomic mass is 16.6. The monoisotopic (exact) mass is 387 g/mol. The number of cyclic esters (lactones) is 1. The Morgan fingerprint density at radius 2 is 1.93 bits per heavy atom. The lowest BCUT2D eigenvalue weighted by Gasteiger charge is -2.13. The minimum atomic E-state index is -1.33. The summed E-state index contributed by atoms with van der Waals surface area (Å²) < 4.78 is 15.7. The number of fused-ring (bicyclic) bond motifs is 1. The molecule has 0 saturated heterocycles. The van der Waals surface area contributed by atoms with Gasteiger partial charge in [-0.3, -0.25) is 4.79 Å². The summed E-state index contributed by atoms with van der Waals surface area (Å²) in [5.74, 6) is -2.26. The number of carbonyl (C=O) groups excluding carboxylic acids is 2. The number of amides is 1. The molecule has 146 valence electrons. The van der Waals surface area contributed by atoms with E-state index in [0.717, 1.165) is 6.07 Å². The Labute approximate surface area is 159 Å². The molecule has 0 aromatic heterocycles. The van der Waals surface area contributed by atoms with Crippen molar-refractivity contribution < 1.29 is 38.8 Å². The highest BCUT2D eigenvalue weighted by molar-refractivity contribution is 6.00. The van der Waals surface area contributed by atoms with Crippen molar-refractivity contribution in [3.05, 3.63) is 47.0 Å². The van der Waals surface area contributed by atoms with Crippen LogP contribution in [-0.2, 0) is 9.53 Å². The molecule has 2 aromatic carbocycles. The second-order valence-electron chi connectivity index (χ2n) is 5.95. The summed E-state index contributed by atoms with van der Waals surface area (Å²) in [5.41, 5.74) is 0.552. The molecule has 0 bridgehead atoms. The van der Waals surface area contributed by atoms with Crippen molar-refractivity contribution in [3.63, 3.8) is 0 Å². The summed E-state index contributed by atoms with van der Waals surface area (Å²) in [7, 11) is 2.84. The molecule has 1 atom stereocenters. The maximum absolute atomic E-state index is 12.4. The summed E-state index contributed by atoms with van der Waals surface area (Å²) in [5, 5.41) is 21.1. The van der Waals surface area contributed by atoms with Gasteiger partial charge in [0, 0.05) is 11.3 Å². The summed E-state index contributed by atoms with van der Waals surface area (Å²) >= 11 is 0. The lowest BCUT2D eigenvalue weighted by atomic mass is 10.0. The molecule has 9 nitrogen and oxygen atoms in total. The molecule has 28 heavy (non-hydrogen) atoms. The lowest BCUT2D eigenvalue weighted by molar-refractivity contribution is -0.118. The van der Waals surface area contributed by atoms with E-state index in [1.165, 1.54) is 26.4 Å². The Kier molecular flexibility index (Phi) is 5.08. The number of anilines is 1. The fraction of sp³-hybridized carbons (Fsp3) is 0.211. The van der Waals surface area contributed by atoms with Gasteiger partial charge in [0.05, 0.1) is 20.6 Å². The van der Waals surface area contributed by atoms with Crippen LogP contribution in [-0.4, -0.2) is 42.3 Å². The Morgan fingerprint density at radius 1 is 1.18 bits per heavy atom. The second-order valence-corrected chi connectivity index (χ2v) is 5.95. The van der Waals surface area contributed by atoms with E-state index in [9.17, 15) is 19.5 Å². The molecular formula is C19H17NO8. The minimum Gasteiger partial charge on any atom is -0.507 e. The van der Waals surface area contributed by atoms with Gasteiger partial charge in [0.2, 0.25) is 5.91 Å². The van der Waals surface area contributed by atoms with E-state index in [2.05, 4.69) is 5.32 Å². The van der Waals surface area contributed by atoms with Crippen molar-refractivity contribution in [1.29, 1.82) is 0 Å². The van der Waals surface area contributed by atoms with E-state index in [1.54, 1.807) is 12.1 Å². The normalized spacial score (nSPS) is 14.8. The van der Waals surface area contributed by atoms with E-state index < -0.39 is 29.7 Å². The second kappa shape index (κ2) is 7.47. The van der Waals surface area contributed by atoms with Crippen LogP contribution in [0.15, 0.2) is 30.3 Å². The van der Waals surface area contributed by atoms with E-state index >= 15 is 0 Å². The number of aromatic hydroxyl groups is 1. The third-order valence-corrected chi connectivity index (χ3v) is 4.26. The number of esters is 1. The van der Waals surface area contributed by atoms with Crippen LogP contribution in [0.4, 0.5) is 5.69 Å². The molecule has 3 N–H and O–H groups in total. The van der Waals surface area contributed by atoms with E-state index in [4.69, 9.17) is 19.3 Å². The molecule has 1 heterocycles. The number of aromatic carboxylic acids is 1. The maximum Gasteiger partial charge on any atom is 0.343 e. The summed E-state index contributed by atoms with van der Waals surface area (Å²) in [6.45, 7) is 0. The van der Waals surface area contributed by atoms with Crippen molar-refractivity contribution in [2.75, 3.05) is 19.5 Å². The SMILES string of the molecule is COc1ccc2c(c1OC)C(=O)O[C@@H]2CC(=O)Nc1ccc(O)c(C(=O)O)c1. The molecule has 0 aliphatic carbocycles. The highest BCUT2D eigenvalue weighted by Gasteiger charge is 2.36. The van der Waals surface area contributed by atoms with Gasteiger partial charge in [-0.2, -0.15) is 0 Å². The summed E-state index contributed by atoms with van der Waals surface area (Å²) in [6.07, 6.45) is -1.00. The lowest BCUT2D eigenvalue weighted by Crippen LogP contribution is -2.16. The number of carboxylic acids is 1. The van der Waals surface area contributed by atoms with Crippen LogP contribution in [0.25, 0.3) is 0 Å². The standard InChI is InChI=1S/C19H17NO8/c1-26-13-6-4-10-14(28-19(25)16(10)17(13)27-2)8-15(22)20-9-3-5-12(21)11(7-9)18(23)24/h3-7,14,21H,8H2,1-2H3,(H,20,22)(H,23,24)/t14-/m1/s1. The topological polar surface area (TPSA) is 131 Å². The Hall–Kier alpha value is -3.75. The Morgan fingerprint density at radius 3 is 2.57 bits per heavy atom. The van der Waals surface area contributed by atoms with Crippen LogP contribution in [0.3, 0.4) is 0 Å². The van der Waals surface area contributed by atoms with Gasteiger partial charge in [-0.1, -0.05) is 6.07 Å². The Bertz CT molecular complexity index is 969. The summed E-state index contributed by atoms with van der Waals surface area (Å²) in [4.78, 5) is 35.7. The number of carbonyl (C=O) groups is 3. The van der Waals surface area contributed by atoms with Crippen LogP contribution >= 0.6 is 0 Å². The molecule has 3 rings (SSSR count). The highest BCUT2D eigenvalue weighted by Crippen LogP contribution is 2.43. The maximum atomic E-state index is 12.4. The number of methoxy groups -OCH3 is 2. The molecule has 0 radical (unpaired) electrons. The molecule has 0 fully saturated rings. The van der Waals surface area contributed by atoms with Crippen LogP contribution in [0.1, 0.15) is 38.8 Å². The molecule has 9 heteroatoms. The first-order valence-corrected chi connectivity index (χ1v) is 8.17. The van der Waals surface area contributed by atoms with Crippen molar-refractivity contribution >= 4 is 23.5 Å². The van der Waals surface area contributed by atoms with Gasteiger partial charge in [-0.05, 0) is 24.3 Å². The zero-order valence-corrected chi connectivity index (χ0v) is 15.0. The molecule has 0 spiro atoms. The van der Waals surface area contributed by atoms with Gasteiger partial charge in [0.1, 0.15) is 23.0 Å². The smallest absolute Gasteiger partial charge is 0.343 e. The van der Waals surface area contributed by atoms with E-state index in [0.29, 0.717) is 11.3 Å². The number of benzene rings is 2. The number of hydrogen-bond acceptors (Lipinski definition) is 7. The molecule has 1 aliphatic heterocycles. The van der Waals surface area contributed by atoms with Crippen molar-refractivity contribution in [2.45, 2.75) is 12.5 Å². The summed E-state index contributed by atoms with van der Waals surface area (Å²) in [6, 6.07) is 6.91. The van der Waals surface area contributed by atoms with Gasteiger partial charge in [-0.25, -0.2) is 9.59 Å². The number of rotatable bonds is 6. The van der Waals surface area contributed by atoms with Crippen molar-refractivity contribution in [1.82, 2.24) is 0 Å². The van der Waals surface area contributed by atoms with E-state index in [1.807, 2.05) is 0 Å². The number of phenols is 1. The fourth-order valence-corrected chi connectivity index (χ4v) is 2.99.